The summed E-state index contributed by atoms with van der Waals surface area (Å²) in [5.74, 6) is 0.380. The van der Waals surface area contributed by atoms with Gasteiger partial charge in [-0.05, 0) is 48.9 Å². The first kappa shape index (κ1) is 20.0. The first-order chi connectivity index (χ1) is 14.4. The van der Waals surface area contributed by atoms with E-state index >= 15 is 0 Å². The van der Waals surface area contributed by atoms with Gasteiger partial charge in [-0.3, -0.25) is 9.48 Å². The topological polar surface area (TPSA) is 126 Å². The van der Waals surface area contributed by atoms with Gasteiger partial charge in [0.05, 0.1) is 18.0 Å². The van der Waals surface area contributed by atoms with Crippen molar-refractivity contribution in [3.05, 3.63) is 41.0 Å². The molecule has 8 nitrogen and oxygen atoms in total. The van der Waals surface area contributed by atoms with Crippen molar-refractivity contribution < 1.29 is 14.5 Å². The number of nitrogens with zero attached hydrogens (tertiary/aromatic N) is 3. The monoisotopic (exact) mass is 405 g/mol. The van der Waals surface area contributed by atoms with Crippen LogP contribution in [0.5, 0.6) is 5.75 Å². The minimum Gasteiger partial charge on any atom is -0.532 e. The van der Waals surface area contributed by atoms with Crippen LogP contribution in [0.15, 0.2) is 29.9 Å². The van der Waals surface area contributed by atoms with Gasteiger partial charge in [0.15, 0.2) is 5.82 Å². The maximum atomic E-state index is 12.0. The standard InChI is InChI=1S/C21H24BN5O3/c1-12(2)17-9-14-8-15(6-7-19(14)30-22(17)29)25-21-16(20(24)28)11-27(26-21)18-5-3-4-13(18)10-23/h6-9,11-13,18,29H,3-5H2,1-2H3,(H2,24,28)(H,25,26)/t13-,18?/m1/s1. The fourth-order valence-corrected chi connectivity index (χ4v) is 4.12. The van der Waals surface area contributed by atoms with Crippen molar-refractivity contribution in [1.82, 2.24) is 9.78 Å². The van der Waals surface area contributed by atoms with Crippen molar-refractivity contribution in [2.45, 2.75) is 39.2 Å². The maximum absolute atomic E-state index is 12.0. The lowest BCUT2D eigenvalue weighted by Gasteiger charge is -2.23. The molecular weight excluding hydrogens is 381 g/mol. The predicted octanol–water partition coefficient (Wildman–Crippen LogP) is 3.04. The van der Waals surface area contributed by atoms with Gasteiger partial charge in [0.2, 0.25) is 0 Å². The van der Waals surface area contributed by atoms with Crippen molar-refractivity contribution in [3.8, 4) is 11.8 Å². The normalized spacial score (nSPS) is 20.4. The lowest BCUT2D eigenvalue weighted by molar-refractivity contribution is 0.100. The lowest BCUT2D eigenvalue weighted by atomic mass is 9.70. The number of allylic oxidation sites excluding steroid dienone is 1. The fourth-order valence-electron chi connectivity index (χ4n) is 4.12. The molecule has 1 saturated carbocycles. The number of fused-ring (bicyclic) bond motifs is 1. The number of amides is 1. The van der Waals surface area contributed by atoms with Crippen molar-refractivity contribution in [2.75, 3.05) is 5.32 Å². The fraction of sp³-hybridized carbons (Fsp3) is 0.381. The Morgan fingerprint density at radius 2 is 2.27 bits per heavy atom. The summed E-state index contributed by atoms with van der Waals surface area (Å²) < 4.78 is 7.30. The summed E-state index contributed by atoms with van der Waals surface area (Å²) in [7, 11) is -0.951. The molecule has 2 atom stereocenters. The van der Waals surface area contributed by atoms with Gasteiger partial charge < -0.3 is 20.7 Å². The molecule has 1 amide bonds. The number of benzene rings is 1. The number of anilines is 2. The second kappa shape index (κ2) is 7.88. The van der Waals surface area contributed by atoms with E-state index in [0.29, 0.717) is 17.3 Å². The quantitative estimate of drug-likeness (QED) is 0.657. The van der Waals surface area contributed by atoms with Crippen molar-refractivity contribution in [3.63, 3.8) is 0 Å². The van der Waals surface area contributed by atoms with E-state index in [9.17, 15) is 15.1 Å². The highest BCUT2D eigenvalue weighted by molar-refractivity contribution is 6.55. The van der Waals surface area contributed by atoms with Crippen LogP contribution in [0.25, 0.3) is 6.08 Å². The molecule has 0 spiro atoms. The molecule has 1 unspecified atom stereocenters. The van der Waals surface area contributed by atoms with Crippen LogP contribution in [-0.4, -0.2) is 27.8 Å². The summed E-state index contributed by atoms with van der Waals surface area (Å²) in [6, 6.07) is 7.70. The lowest BCUT2D eigenvalue weighted by Crippen LogP contribution is -2.30. The molecule has 1 aliphatic heterocycles. The molecule has 30 heavy (non-hydrogen) atoms. The molecule has 1 aromatic heterocycles. The van der Waals surface area contributed by atoms with Gasteiger partial charge in [0.1, 0.15) is 11.3 Å². The van der Waals surface area contributed by atoms with Crippen LogP contribution < -0.4 is 15.7 Å². The van der Waals surface area contributed by atoms with Gasteiger partial charge in [-0.25, -0.2) is 0 Å². The zero-order valence-electron chi connectivity index (χ0n) is 17.0. The summed E-state index contributed by atoms with van der Waals surface area (Å²) >= 11 is 0. The zero-order valence-corrected chi connectivity index (χ0v) is 17.0. The average Bonchev–Trinajstić information content (AvgIpc) is 3.34. The van der Waals surface area contributed by atoms with Gasteiger partial charge in [-0.15, -0.1) is 0 Å². The largest absolute Gasteiger partial charge is 0.556 e. The maximum Gasteiger partial charge on any atom is 0.556 e. The molecule has 0 saturated heterocycles. The number of nitrogens with two attached hydrogens (primary N) is 1. The van der Waals surface area contributed by atoms with E-state index in [1.54, 1.807) is 23.0 Å². The molecule has 154 valence electrons. The minimum absolute atomic E-state index is 0.0568. The highest BCUT2D eigenvalue weighted by atomic mass is 16.5. The first-order valence-electron chi connectivity index (χ1n) is 10.1. The number of hydrogen-bond acceptors (Lipinski definition) is 6. The Kier molecular flexibility index (Phi) is 5.26. The number of nitriles is 1. The number of primary amides is 1. The summed E-state index contributed by atoms with van der Waals surface area (Å²) in [6.07, 6.45) is 6.18. The van der Waals surface area contributed by atoms with Crippen molar-refractivity contribution >= 4 is 30.6 Å². The van der Waals surface area contributed by atoms with E-state index in [0.717, 1.165) is 30.3 Å². The second-order valence-corrected chi connectivity index (χ2v) is 8.12. The highest BCUT2D eigenvalue weighted by Gasteiger charge is 2.31. The highest BCUT2D eigenvalue weighted by Crippen LogP contribution is 2.37. The number of carbonyl (C=O) groups excluding carboxylic acids is 1. The van der Waals surface area contributed by atoms with E-state index < -0.39 is 13.0 Å². The Balaban J connectivity index is 1.65. The Morgan fingerprint density at radius 1 is 1.47 bits per heavy atom. The number of aromatic nitrogens is 2. The van der Waals surface area contributed by atoms with E-state index in [1.165, 1.54) is 0 Å². The molecule has 1 aromatic carbocycles. The zero-order chi connectivity index (χ0) is 21.4. The number of nitrogens with one attached hydrogen (secondary N) is 1. The molecule has 1 fully saturated rings. The predicted molar refractivity (Wildman–Crippen MR) is 114 cm³/mol. The molecular formula is C21H24BN5O3. The molecule has 2 aliphatic rings. The molecule has 9 heteroatoms. The first-order valence-corrected chi connectivity index (χ1v) is 10.1. The SMILES string of the molecule is CC(C)C1=Cc2cc(Nc3nn(C4CCC[C@@H]4C#N)cc3C(N)=O)ccc2OB1O. The van der Waals surface area contributed by atoms with Crippen molar-refractivity contribution in [1.29, 1.82) is 5.26 Å². The van der Waals surface area contributed by atoms with Gasteiger partial charge in [0.25, 0.3) is 5.91 Å². The minimum atomic E-state index is -0.951. The van der Waals surface area contributed by atoms with Crippen LogP contribution >= 0.6 is 0 Å². The van der Waals surface area contributed by atoms with Gasteiger partial charge in [0, 0.05) is 17.4 Å². The third-order valence-corrected chi connectivity index (χ3v) is 5.77. The molecule has 1 aliphatic carbocycles. The van der Waals surface area contributed by atoms with E-state index in [-0.39, 0.29) is 23.4 Å². The smallest absolute Gasteiger partial charge is 0.532 e. The number of rotatable bonds is 5. The van der Waals surface area contributed by atoms with Crippen LogP contribution in [0.4, 0.5) is 11.5 Å². The molecule has 4 rings (SSSR count). The van der Waals surface area contributed by atoms with E-state index in [1.807, 2.05) is 26.0 Å². The van der Waals surface area contributed by atoms with Crippen LogP contribution in [0.3, 0.4) is 0 Å². The van der Waals surface area contributed by atoms with E-state index in [4.69, 9.17) is 10.4 Å². The average molecular weight is 405 g/mol. The van der Waals surface area contributed by atoms with Crippen LogP contribution in [0.1, 0.15) is 55.1 Å². The number of carbonyl (C=O) groups is 1. The second-order valence-electron chi connectivity index (χ2n) is 8.12. The van der Waals surface area contributed by atoms with E-state index in [2.05, 4.69) is 16.5 Å². The Bertz CT molecular complexity index is 1060. The number of hydrogen-bond donors (Lipinski definition) is 3. The molecule has 4 N–H and O–H groups in total. The van der Waals surface area contributed by atoms with Gasteiger partial charge >= 0.3 is 7.12 Å². The molecule has 2 heterocycles. The third kappa shape index (κ3) is 3.66. The Morgan fingerprint density at radius 3 is 2.97 bits per heavy atom. The van der Waals surface area contributed by atoms with Gasteiger partial charge in [-0.2, -0.15) is 10.4 Å². The summed E-state index contributed by atoms with van der Waals surface area (Å²) in [5, 5.41) is 27.2. The molecule has 2 aromatic rings. The summed E-state index contributed by atoms with van der Waals surface area (Å²) in [5.41, 5.74) is 8.19. The third-order valence-electron chi connectivity index (χ3n) is 5.77. The Hall–Kier alpha value is -3.25. The van der Waals surface area contributed by atoms with Crippen LogP contribution in [0, 0.1) is 23.2 Å². The van der Waals surface area contributed by atoms with Crippen molar-refractivity contribution in [2.24, 2.45) is 17.6 Å². The van der Waals surface area contributed by atoms with Crippen LogP contribution in [0.2, 0.25) is 0 Å². The molecule has 0 bridgehead atoms. The van der Waals surface area contributed by atoms with Gasteiger partial charge in [-0.1, -0.05) is 19.9 Å². The summed E-state index contributed by atoms with van der Waals surface area (Å²) in [6.45, 7) is 3.99. The Labute approximate surface area is 175 Å². The van der Waals surface area contributed by atoms with Crippen LogP contribution in [-0.2, 0) is 0 Å². The summed E-state index contributed by atoms with van der Waals surface area (Å²) in [4.78, 5) is 12.0. The molecule has 0 radical (unpaired) electrons.